The van der Waals surface area contributed by atoms with Crippen LogP contribution in [0, 0.1) is 0 Å². The third-order valence-corrected chi connectivity index (χ3v) is 2.95. The van der Waals surface area contributed by atoms with Gasteiger partial charge in [-0.1, -0.05) is 26.3 Å². The highest BCUT2D eigenvalue weighted by Crippen LogP contribution is 2.28. The molecule has 0 saturated carbocycles. The Hall–Kier alpha value is -1.09. The summed E-state index contributed by atoms with van der Waals surface area (Å²) in [6.07, 6.45) is 3.38. The molecular weight excluding hydrogens is 198 g/mol. The number of hydrogen-bond donors (Lipinski definition) is 2. The predicted molar refractivity (Wildman–Crippen MR) is 69.7 cm³/mol. The third kappa shape index (κ3) is 3.49. The summed E-state index contributed by atoms with van der Waals surface area (Å²) >= 11 is 0. The second kappa shape index (κ2) is 5.85. The maximum Gasteiger partial charge on any atom is 0.125 e. The molecule has 0 bridgehead atoms. The lowest BCUT2D eigenvalue weighted by Crippen LogP contribution is -2.19. The molecule has 0 spiro atoms. The van der Waals surface area contributed by atoms with Crippen molar-refractivity contribution in [2.45, 2.75) is 38.5 Å². The summed E-state index contributed by atoms with van der Waals surface area (Å²) in [4.78, 5) is 4.60. The van der Waals surface area contributed by atoms with Gasteiger partial charge in [-0.25, -0.2) is 4.98 Å². The molecule has 0 radical (unpaired) electrons. The van der Waals surface area contributed by atoms with E-state index in [-0.39, 0.29) is 5.41 Å². The maximum atomic E-state index is 5.52. The van der Waals surface area contributed by atoms with Gasteiger partial charge in [0.05, 0.1) is 0 Å². The normalized spacial score (nSPS) is 11.5. The van der Waals surface area contributed by atoms with Crippen molar-refractivity contribution in [2.75, 3.05) is 18.9 Å². The van der Waals surface area contributed by atoms with Gasteiger partial charge in [-0.3, -0.25) is 0 Å². The average molecular weight is 221 g/mol. The zero-order valence-electron chi connectivity index (χ0n) is 10.6. The Kier molecular flexibility index (Phi) is 4.74. The SMILES string of the molecule is CNc1cccc(C(C)(C)CCCCN)n1. The van der Waals surface area contributed by atoms with E-state index in [0.29, 0.717) is 0 Å². The van der Waals surface area contributed by atoms with E-state index in [1.54, 1.807) is 0 Å². The molecule has 0 amide bonds. The average Bonchev–Trinajstić information content (AvgIpc) is 2.29. The molecule has 1 heterocycles. The van der Waals surface area contributed by atoms with Crippen LogP contribution in [0.5, 0.6) is 0 Å². The molecule has 16 heavy (non-hydrogen) atoms. The van der Waals surface area contributed by atoms with Crippen LogP contribution < -0.4 is 11.1 Å². The van der Waals surface area contributed by atoms with E-state index in [1.165, 1.54) is 0 Å². The first-order valence-electron chi connectivity index (χ1n) is 5.95. The van der Waals surface area contributed by atoms with Crippen LogP contribution >= 0.6 is 0 Å². The van der Waals surface area contributed by atoms with E-state index in [2.05, 4.69) is 36.3 Å². The van der Waals surface area contributed by atoms with E-state index in [9.17, 15) is 0 Å². The second-order valence-electron chi connectivity index (χ2n) is 4.79. The van der Waals surface area contributed by atoms with Crippen LogP contribution in [-0.4, -0.2) is 18.6 Å². The van der Waals surface area contributed by atoms with Crippen LogP contribution in [-0.2, 0) is 5.41 Å². The topological polar surface area (TPSA) is 50.9 Å². The molecule has 0 aromatic carbocycles. The van der Waals surface area contributed by atoms with E-state index in [1.807, 2.05) is 13.1 Å². The van der Waals surface area contributed by atoms with Crippen molar-refractivity contribution in [3.8, 4) is 0 Å². The summed E-state index contributed by atoms with van der Waals surface area (Å²) < 4.78 is 0. The van der Waals surface area contributed by atoms with Gasteiger partial charge in [0.15, 0.2) is 0 Å². The highest BCUT2D eigenvalue weighted by Gasteiger charge is 2.21. The number of nitrogens with one attached hydrogen (secondary N) is 1. The van der Waals surface area contributed by atoms with E-state index in [4.69, 9.17) is 5.73 Å². The van der Waals surface area contributed by atoms with Crippen LogP contribution in [0.2, 0.25) is 0 Å². The first kappa shape index (κ1) is 13.0. The summed E-state index contributed by atoms with van der Waals surface area (Å²) in [7, 11) is 1.90. The summed E-state index contributed by atoms with van der Waals surface area (Å²) in [5, 5.41) is 3.08. The van der Waals surface area contributed by atoms with Gasteiger partial charge < -0.3 is 11.1 Å². The highest BCUT2D eigenvalue weighted by molar-refractivity contribution is 5.35. The lowest BCUT2D eigenvalue weighted by molar-refractivity contribution is 0.442. The Labute approximate surface area is 98.5 Å². The number of rotatable bonds is 6. The van der Waals surface area contributed by atoms with Crippen molar-refractivity contribution in [1.82, 2.24) is 4.98 Å². The zero-order valence-corrected chi connectivity index (χ0v) is 10.6. The lowest BCUT2D eigenvalue weighted by Gasteiger charge is -2.24. The Morgan fingerprint density at radius 3 is 2.69 bits per heavy atom. The predicted octanol–water partition coefficient (Wildman–Crippen LogP) is 2.53. The van der Waals surface area contributed by atoms with Gasteiger partial charge in [0.25, 0.3) is 0 Å². The second-order valence-corrected chi connectivity index (χ2v) is 4.79. The molecule has 0 saturated heterocycles. The number of anilines is 1. The Balaban J connectivity index is 2.72. The zero-order chi connectivity index (χ0) is 12.0. The molecule has 1 rings (SSSR count). The van der Waals surface area contributed by atoms with Crippen molar-refractivity contribution < 1.29 is 0 Å². The fraction of sp³-hybridized carbons (Fsp3) is 0.615. The molecule has 0 fully saturated rings. The molecule has 0 aliphatic heterocycles. The number of aromatic nitrogens is 1. The third-order valence-electron chi connectivity index (χ3n) is 2.95. The summed E-state index contributed by atoms with van der Waals surface area (Å²) in [5.74, 6) is 0.935. The summed E-state index contributed by atoms with van der Waals surface area (Å²) in [6.45, 7) is 5.26. The van der Waals surface area contributed by atoms with Gasteiger partial charge in [0, 0.05) is 18.2 Å². The molecule has 3 nitrogen and oxygen atoms in total. The number of pyridine rings is 1. The van der Waals surface area contributed by atoms with Gasteiger partial charge in [-0.15, -0.1) is 0 Å². The summed E-state index contributed by atoms with van der Waals surface area (Å²) in [5.41, 5.74) is 6.79. The molecular formula is C13H23N3. The molecule has 0 aliphatic carbocycles. The largest absolute Gasteiger partial charge is 0.373 e. The van der Waals surface area contributed by atoms with Crippen molar-refractivity contribution in [2.24, 2.45) is 5.73 Å². The van der Waals surface area contributed by atoms with Crippen LogP contribution in [0.25, 0.3) is 0 Å². The minimum Gasteiger partial charge on any atom is -0.373 e. The van der Waals surface area contributed by atoms with Gasteiger partial charge in [-0.2, -0.15) is 0 Å². The lowest BCUT2D eigenvalue weighted by atomic mass is 9.83. The molecule has 3 heteroatoms. The van der Waals surface area contributed by atoms with Crippen LogP contribution in [0.3, 0.4) is 0 Å². The molecule has 0 unspecified atom stereocenters. The molecule has 0 atom stereocenters. The first-order chi connectivity index (χ1) is 7.60. The van der Waals surface area contributed by atoms with E-state index >= 15 is 0 Å². The summed E-state index contributed by atoms with van der Waals surface area (Å²) in [6, 6.07) is 6.14. The minimum absolute atomic E-state index is 0.127. The fourth-order valence-electron chi connectivity index (χ4n) is 1.79. The Morgan fingerprint density at radius 1 is 1.31 bits per heavy atom. The standard InChI is InChI=1S/C13H23N3/c1-13(2,9-4-5-10-14)11-7-6-8-12(15-3)16-11/h6-8H,4-5,9-10,14H2,1-3H3,(H,15,16). The van der Waals surface area contributed by atoms with E-state index in [0.717, 1.165) is 37.3 Å². The smallest absolute Gasteiger partial charge is 0.125 e. The number of unbranched alkanes of at least 4 members (excludes halogenated alkanes) is 1. The van der Waals surface area contributed by atoms with Crippen molar-refractivity contribution >= 4 is 5.82 Å². The number of nitrogens with zero attached hydrogens (tertiary/aromatic N) is 1. The highest BCUT2D eigenvalue weighted by atomic mass is 15.0. The van der Waals surface area contributed by atoms with Crippen molar-refractivity contribution in [1.29, 1.82) is 0 Å². The Morgan fingerprint density at radius 2 is 2.06 bits per heavy atom. The molecule has 90 valence electrons. The molecule has 1 aromatic heterocycles. The van der Waals surface area contributed by atoms with Crippen LogP contribution in [0.15, 0.2) is 18.2 Å². The fourth-order valence-corrected chi connectivity index (χ4v) is 1.79. The Bertz CT molecular complexity index is 321. The quantitative estimate of drug-likeness (QED) is 0.726. The monoisotopic (exact) mass is 221 g/mol. The van der Waals surface area contributed by atoms with Crippen LogP contribution in [0.4, 0.5) is 5.82 Å². The molecule has 0 aliphatic rings. The van der Waals surface area contributed by atoms with Crippen LogP contribution in [0.1, 0.15) is 38.8 Å². The minimum atomic E-state index is 0.127. The van der Waals surface area contributed by atoms with E-state index < -0.39 is 0 Å². The number of nitrogens with two attached hydrogens (primary N) is 1. The molecule has 3 N–H and O–H groups in total. The van der Waals surface area contributed by atoms with Gasteiger partial charge >= 0.3 is 0 Å². The first-order valence-corrected chi connectivity index (χ1v) is 5.95. The maximum absolute atomic E-state index is 5.52. The van der Waals surface area contributed by atoms with Gasteiger partial charge in [0.2, 0.25) is 0 Å². The van der Waals surface area contributed by atoms with Gasteiger partial charge in [0.1, 0.15) is 5.82 Å². The van der Waals surface area contributed by atoms with Crippen molar-refractivity contribution in [3.05, 3.63) is 23.9 Å². The van der Waals surface area contributed by atoms with Crippen molar-refractivity contribution in [3.63, 3.8) is 0 Å². The number of hydrogen-bond acceptors (Lipinski definition) is 3. The molecule has 1 aromatic rings. The van der Waals surface area contributed by atoms with Gasteiger partial charge in [-0.05, 0) is 31.5 Å².